The van der Waals surface area contributed by atoms with Crippen LogP contribution in [0, 0.1) is 13.8 Å². The molecular formula is C22H24N2O3. The fourth-order valence-electron chi connectivity index (χ4n) is 3.87. The van der Waals surface area contributed by atoms with Crippen LogP contribution in [0.4, 0.5) is 0 Å². The molecule has 0 radical (unpaired) electrons. The number of aromatic amines is 1. The van der Waals surface area contributed by atoms with Gasteiger partial charge in [-0.3, -0.25) is 4.79 Å². The van der Waals surface area contributed by atoms with Crippen LogP contribution < -0.4 is 4.74 Å². The molecule has 0 unspecified atom stereocenters. The first-order valence-electron chi connectivity index (χ1n) is 9.16. The molecule has 1 aliphatic heterocycles. The Kier molecular flexibility index (Phi) is 4.19. The minimum atomic E-state index is -0.994. The first-order chi connectivity index (χ1) is 12.9. The molecule has 1 aromatic heterocycles. The molecule has 140 valence electrons. The van der Waals surface area contributed by atoms with Crippen molar-refractivity contribution in [2.24, 2.45) is 0 Å². The fraction of sp³-hybridized carbons (Fsp3) is 0.318. The lowest BCUT2D eigenvalue weighted by molar-refractivity contribution is 0.0415. The van der Waals surface area contributed by atoms with Gasteiger partial charge >= 0.3 is 0 Å². The van der Waals surface area contributed by atoms with Crippen LogP contribution in [0.3, 0.4) is 0 Å². The summed E-state index contributed by atoms with van der Waals surface area (Å²) in [6.45, 7) is 4.79. The van der Waals surface area contributed by atoms with Crippen molar-refractivity contribution in [3.63, 3.8) is 0 Å². The summed E-state index contributed by atoms with van der Waals surface area (Å²) in [7, 11) is 1.63. The second-order valence-corrected chi connectivity index (χ2v) is 7.41. The molecule has 4 rings (SSSR count). The van der Waals surface area contributed by atoms with Crippen LogP contribution in [0.2, 0.25) is 0 Å². The molecule has 1 fully saturated rings. The number of carbonyl (C=O) groups excluding carboxylic acids is 1. The Hall–Kier alpha value is -2.79. The Morgan fingerprint density at radius 2 is 1.93 bits per heavy atom. The highest BCUT2D eigenvalue weighted by Gasteiger charge is 2.40. The molecule has 0 aliphatic carbocycles. The molecule has 1 amide bonds. The quantitative estimate of drug-likeness (QED) is 0.747. The van der Waals surface area contributed by atoms with Gasteiger partial charge in [0.1, 0.15) is 17.0 Å². The summed E-state index contributed by atoms with van der Waals surface area (Å²) in [5, 5.41) is 12.1. The van der Waals surface area contributed by atoms with Crippen molar-refractivity contribution < 1.29 is 14.6 Å². The van der Waals surface area contributed by atoms with Gasteiger partial charge in [-0.25, -0.2) is 0 Å². The van der Waals surface area contributed by atoms with Crippen LogP contribution in [0.5, 0.6) is 5.75 Å². The second kappa shape index (κ2) is 6.43. The number of rotatable bonds is 3. The molecule has 5 nitrogen and oxygen atoms in total. The van der Waals surface area contributed by atoms with Gasteiger partial charge in [-0.15, -0.1) is 0 Å². The van der Waals surface area contributed by atoms with Gasteiger partial charge in [0.05, 0.1) is 13.7 Å². The van der Waals surface area contributed by atoms with E-state index in [9.17, 15) is 9.90 Å². The molecular weight excluding hydrogens is 340 g/mol. The van der Waals surface area contributed by atoms with E-state index in [0.717, 1.165) is 33.3 Å². The molecule has 5 heteroatoms. The van der Waals surface area contributed by atoms with Crippen LogP contribution in [0.25, 0.3) is 10.9 Å². The molecule has 2 heterocycles. The Labute approximate surface area is 158 Å². The number of aryl methyl sites for hydroxylation is 2. The molecule has 0 saturated carbocycles. The summed E-state index contributed by atoms with van der Waals surface area (Å²) in [5.74, 6) is 0.684. The highest BCUT2D eigenvalue weighted by molar-refractivity contribution is 6.01. The van der Waals surface area contributed by atoms with E-state index in [2.05, 4.69) is 4.98 Å². The van der Waals surface area contributed by atoms with E-state index in [0.29, 0.717) is 25.2 Å². The number of hydrogen-bond donors (Lipinski definition) is 2. The van der Waals surface area contributed by atoms with Crippen molar-refractivity contribution in [2.45, 2.75) is 25.9 Å². The maximum Gasteiger partial charge on any atom is 0.270 e. The molecule has 0 bridgehead atoms. The van der Waals surface area contributed by atoms with Crippen LogP contribution in [0.1, 0.15) is 33.6 Å². The Bertz CT molecular complexity index is 1010. The zero-order valence-corrected chi connectivity index (χ0v) is 15.9. The van der Waals surface area contributed by atoms with Crippen LogP contribution in [-0.2, 0) is 5.60 Å². The lowest BCUT2D eigenvalue weighted by Gasteiger charge is -2.24. The monoisotopic (exact) mass is 364 g/mol. The van der Waals surface area contributed by atoms with Gasteiger partial charge in [-0.2, -0.15) is 0 Å². The summed E-state index contributed by atoms with van der Waals surface area (Å²) < 4.78 is 5.29. The van der Waals surface area contributed by atoms with Crippen LogP contribution >= 0.6 is 0 Å². The van der Waals surface area contributed by atoms with E-state index in [1.54, 1.807) is 12.0 Å². The summed E-state index contributed by atoms with van der Waals surface area (Å²) in [5.41, 5.74) is 3.40. The number of β-amino-alcohol motifs (C(OH)–C–C–N with tert-alkyl or cyclic N) is 1. The van der Waals surface area contributed by atoms with Gasteiger partial charge in [0.2, 0.25) is 0 Å². The number of H-pyrrole nitrogens is 1. The fourth-order valence-corrected chi connectivity index (χ4v) is 3.87. The third-order valence-electron chi connectivity index (χ3n) is 5.60. The van der Waals surface area contributed by atoms with Crippen molar-refractivity contribution in [3.05, 3.63) is 64.8 Å². The zero-order chi connectivity index (χ0) is 19.2. The third-order valence-corrected chi connectivity index (χ3v) is 5.60. The Morgan fingerprint density at radius 3 is 2.63 bits per heavy atom. The minimum absolute atomic E-state index is 0.0781. The number of fused-ring (bicyclic) bond motifs is 1. The maximum absolute atomic E-state index is 13.1. The van der Waals surface area contributed by atoms with E-state index < -0.39 is 5.60 Å². The lowest BCUT2D eigenvalue weighted by Crippen LogP contribution is -2.34. The van der Waals surface area contributed by atoms with Crippen molar-refractivity contribution in [1.29, 1.82) is 0 Å². The highest BCUT2D eigenvalue weighted by Crippen LogP contribution is 2.34. The number of likely N-dealkylation sites (tertiary alicyclic amines) is 1. The number of benzene rings is 2. The van der Waals surface area contributed by atoms with Crippen LogP contribution in [0.15, 0.2) is 42.5 Å². The lowest BCUT2D eigenvalue weighted by atomic mass is 9.92. The van der Waals surface area contributed by atoms with E-state index in [-0.39, 0.29) is 5.91 Å². The van der Waals surface area contributed by atoms with E-state index in [1.807, 2.05) is 56.3 Å². The second-order valence-electron chi connectivity index (χ2n) is 7.41. The average molecular weight is 364 g/mol. The predicted octanol–water partition coefficient (Wildman–Crippen LogP) is 3.53. The number of ether oxygens (including phenoxy) is 1. The maximum atomic E-state index is 13.1. The largest absolute Gasteiger partial charge is 0.497 e. The number of methoxy groups -OCH3 is 1. The summed E-state index contributed by atoms with van der Waals surface area (Å²) in [4.78, 5) is 18.1. The SMILES string of the molecule is COc1ccc2[nH]c(C(=O)N3CC[C@](O)(c4ccc(C)cc4)C3)c(C)c2c1. The van der Waals surface area contributed by atoms with Gasteiger partial charge in [-0.1, -0.05) is 29.8 Å². The summed E-state index contributed by atoms with van der Waals surface area (Å²) >= 11 is 0. The van der Waals surface area contributed by atoms with E-state index >= 15 is 0 Å². The first-order valence-corrected chi connectivity index (χ1v) is 9.16. The third kappa shape index (κ3) is 2.98. The summed E-state index contributed by atoms with van der Waals surface area (Å²) in [6, 6.07) is 13.6. The summed E-state index contributed by atoms with van der Waals surface area (Å²) in [6.07, 6.45) is 0.537. The molecule has 2 N–H and O–H groups in total. The number of amides is 1. The molecule has 1 atom stereocenters. The molecule has 3 aromatic rings. The number of hydrogen-bond acceptors (Lipinski definition) is 3. The molecule has 27 heavy (non-hydrogen) atoms. The van der Waals surface area contributed by atoms with Crippen LogP contribution in [-0.4, -0.2) is 41.1 Å². The number of nitrogens with zero attached hydrogens (tertiary/aromatic N) is 1. The predicted molar refractivity (Wildman–Crippen MR) is 105 cm³/mol. The Balaban J connectivity index is 1.61. The standard InChI is InChI=1S/C22H24N2O3/c1-14-4-6-16(7-5-14)22(26)10-11-24(13-22)21(25)20-15(2)18-12-17(27-3)8-9-19(18)23-20/h4-9,12,23,26H,10-11,13H2,1-3H3/t22-/m1/s1. The molecule has 1 aliphatic rings. The first kappa shape index (κ1) is 17.6. The molecule has 1 saturated heterocycles. The number of nitrogens with one attached hydrogen (secondary N) is 1. The average Bonchev–Trinajstić information content (AvgIpc) is 3.23. The Morgan fingerprint density at radius 1 is 1.19 bits per heavy atom. The van der Waals surface area contributed by atoms with E-state index in [4.69, 9.17) is 4.74 Å². The van der Waals surface area contributed by atoms with E-state index in [1.165, 1.54) is 0 Å². The van der Waals surface area contributed by atoms with Crippen molar-refractivity contribution in [2.75, 3.05) is 20.2 Å². The number of aliphatic hydroxyl groups is 1. The smallest absolute Gasteiger partial charge is 0.270 e. The van der Waals surface area contributed by atoms with Gasteiger partial charge < -0.3 is 19.7 Å². The van der Waals surface area contributed by atoms with Gasteiger partial charge in [0.25, 0.3) is 5.91 Å². The van der Waals surface area contributed by atoms with Crippen molar-refractivity contribution in [1.82, 2.24) is 9.88 Å². The van der Waals surface area contributed by atoms with Gasteiger partial charge in [0, 0.05) is 17.4 Å². The molecule has 2 aromatic carbocycles. The number of carbonyl (C=O) groups is 1. The minimum Gasteiger partial charge on any atom is -0.497 e. The normalized spacial score (nSPS) is 19.6. The highest BCUT2D eigenvalue weighted by atomic mass is 16.5. The molecule has 0 spiro atoms. The number of aromatic nitrogens is 1. The van der Waals surface area contributed by atoms with Gasteiger partial charge in [0.15, 0.2) is 0 Å². The van der Waals surface area contributed by atoms with Crippen molar-refractivity contribution >= 4 is 16.8 Å². The van der Waals surface area contributed by atoms with Crippen molar-refractivity contribution in [3.8, 4) is 5.75 Å². The van der Waals surface area contributed by atoms with Gasteiger partial charge in [-0.05, 0) is 49.6 Å². The topological polar surface area (TPSA) is 65.6 Å². The zero-order valence-electron chi connectivity index (χ0n) is 15.9.